The Bertz CT molecular complexity index is 484. The lowest BCUT2D eigenvalue weighted by molar-refractivity contribution is -0.129. The fourth-order valence-corrected chi connectivity index (χ4v) is 1.33. The van der Waals surface area contributed by atoms with E-state index in [1.807, 2.05) is 6.92 Å². The lowest BCUT2D eigenvalue weighted by Gasteiger charge is -2.06. The van der Waals surface area contributed by atoms with Crippen molar-refractivity contribution in [1.82, 2.24) is 0 Å². The molecule has 1 aromatic rings. The van der Waals surface area contributed by atoms with Crippen LogP contribution in [0.4, 0.5) is 0 Å². The van der Waals surface area contributed by atoms with Crippen LogP contribution < -0.4 is 9.47 Å². The van der Waals surface area contributed by atoms with E-state index in [1.54, 1.807) is 55.7 Å². The first kappa shape index (κ1) is 13.8. The quantitative estimate of drug-likeness (QED) is 0.345. The molecule has 0 atom stereocenters. The van der Waals surface area contributed by atoms with Gasteiger partial charge in [-0.3, -0.25) is 0 Å². The molecule has 0 bridgehead atoms. The summed E-state index contributed by atoms with van der Waals surface area (Å²) in [5, 5.41) is 0. The number of allylic oxidation sites excluding steroid dienone is 3. The molecular formula is C15H16O3. The van der Waals surface area contributed by atoms with Gasteiger partial charge in [-0.1, -0.05) is 30.9 Å². The third-order valence-corrected chi connectivity index (χ3v) is 2.13. The van der Waals surface area contributed by atoms with Crippen LogP contribution in [-0.2, 0) is 4.79 Å². The summed E-state index contributed by atoms with van der Waals surface area (Å²) in [6, 6.07) is 6.89. The van der Waals surface area contributed by atoms with Crippen molar-refractivity contribution in [3.05, 3.63) is 60.7 Å². The lowest BCUT2D eigenvalue weighted by atomic mass is 10.2. The van der Waals surface area contributed by atoms with Gasteiger partial charge in [0, 0.05) is 6.07 Å². The molecule has 0 saturated carbocycles. The molecule has 0 amide bonds. The van der Waals surface area contributed by atoms with Crippen LogP contribution in [0, 0.1) is 0 Å². The van der Waals surface area contributed by atoms with Gasteiger partial charge in [0.1, 0.15) is 11.5 Å². The normalized spacial score (nSPS) is 11.3. The highest BCUT2D eigenvalue weighted by Gasteiger charge is 2.08. The highest BCUT2D eigenvalue weighted by molar-refractivity contribution is 5.93. The molecule has 0 aliphatic heterocycles. The molecular weight excluding hydrogens is 228 g/mol. The predicted octanol–water partition coefficient (Wildman–Crippen LogP) is 3.29. The molecule has 1 aromatic carbocycles. The van der Waals surface area contributed by atoms with Crippen molar-refractivity contribution in [2.75, 3.05) is 7.11 Å². The van der Waals surface area contributed by atoms with E-state index in [9.17, 15) is 4.79 Å². The number of ether oxygens (including phenoxy) is 2. The Morgan fingerprint density at radius 1 is 1.33 bits per heavy atom. The van der Waals surface area contributed by atoms with Gasteiger partial charge in [0.2, 0.25) is 0 Å². The number of carbonyl (C=O) groups excluding carboxylic acids is 1. The summed E-state index contributed by atoms with van der Waals surface area (Å²) in [6.07, 6.45) is 6.58. The molecule has 18 heavy (non-hydrogen) atoms. The largest absolute Gasteiger partial charge is 0.497 e. The number of esters is 1. The Kier molecular flexibility index (Phi) is 5.45. The molecule has 0 fully saturated rings. The van der Waals surface area contributed by atoms with E-state index in [0.717, 1.165) is 0 Å². The van der Waals surface area contributed by atoms with E-state index in [2.05, 4.69) is 6.58 Å². The van der Waals surface area contributed by atoms with E-state index >= 15 is 0 Å². The maximum Gasteiger partial charge on any atom is 0.343 e. The molecule has 0 spiro atoms. The molecule has 94 valence electrons. The SMILES string of the molecule is C=C/C=C(\C=C/C)C(=O)Oc1cccc(OC)c1. The van der Waals surface area contributed by atoms with Crippen LogP contribution in [0.2, 0.25) is 0 Å². The van der Waals surface area contributed by atoms with Gasteiger partial charge >= 0.3 is 5.97 Å². The van der Waals surface area contributed by atoms with Crippen LogP contribution in [0.5, 0.6) is 11.5 Å². The first-order valence-corrected chi connectivity index (χ1v) is 5.53. The Balaban J connectivity index is 2.85. The second-order valence-electron chi connectivity index (χ2n) is 3.43. The van der Waals surface area contributed by atoms with E-state index in [-0.39, 0.29) is 0 Å². The number of carbonyl (C=O) groups is 1. The molecule has 0 aromatic heterocycles. The lowest BCUT2D eigenvalue weighted by Crippen LogP contribution is -2.09. The third-order valence-electron chi connectivity index (χ3n) is 2.13. The highest BCUT2D eigenvalue weighted by Crippen LogP contribution is 2.19. The second-order valence-corrected chi connectivity index (χ2v) is 3.43. The zero-order valence-corrected chi connectivity index (χ0v) is 10.6. The van der Waals surface area contributed by atoms with Crippen molar-refractivity contribution in [3.63, 3.8) is 0 Å². The number of rotatable bonds is 5. The Labute approximate surface area is 107 Å². The standard InChI is InChI=1S/C15H16O3/c1-4-7-12(8-5-2)15(16)18-14-10-6-9-13(11-14)17-3/h4-11H,1H2,2-3H3/b8-5-,12-7+. The van der Waals surface area contributed by atoms with Crippen molar-refractivity contribution in [1.29, 1.82) is 0 Å². The van der Waals surface area contributed by atoms with E-state index in [0.29, 0.717) is 17.1 Å². The van der Waals surface area contributed by atoms with Crippen molar-refractivity contribution >= 4 is 5.97 Å². The van der Waals surface area contributed by atoms with Crippen LogP contribution in [0.3, 0.4) is 0 Å². The smallest absolute Gasteiger partial charge is 0.343 e. The summed E-state index contributed by atoms with van der Waals surface area (Å²) in [4.78, 5) is 11.9. The molecule has 0 radical (unpaired) electrons. The first-order chi connectivity index (χ1) is 8.71. The van der Waals surface area contributed by atoms with Crippen molar-refractivity contribution < 1.29 is 14.3 Å². The van der Waals surface area contributed by atoms with Gasteiger partial charge in [-0.05, 0) is 25.1 Å². The summed E-state index contributed by atoms with van der Waals surface area (Å²) in [6.45, 7) is 5.39. The van der Waals surface area contributed by atoms with Gasteiger partial charge in [-0.25, -0.2) is 4.79 Å². The third kappa shape index (κ3) is 3.94. The molecule has 3 nitrogen and oxygen atoms in total. The van der Waals surface area contributed by atoms with Gasteiger partial charge in [0.15, 0.2) is 0 Å². The number of hydrogen-bond acceptors (Lipinski definition) is 3. The van der Waals surface area contributed by atoms with Gasteiger partial charge in [0.05, 0.1) is 12.7 Å². The Morgan fingerprint density at radius 2 is 2.06 bits per heavy atom. The molecule has 0 unspecified atom stereocenters. The fraction of sp³-hybridized carbons (Fsp3) is 0.133. The van der Waals surface area contributed by atoms with Crippen LogP contribution in [0.1, 0.15) is 6.92 Å². The topological polar surface area (TPSA) is 35.5 Å². The summed E-state index contributed by atoms with van der Waals surface area (Å²) in [7, 11) is 1.56. The molecule has 0 N–H and O–H groups in total. The Morgan fingerprint density at radius 3 is 2.67 bits per heavy atom. The molecule has 0 heterocycles. The minimum absolute atomic E-state index is 0.429. The van der Waals surface area contributed by atoms with Crippen molar-refractivity contribution in [2.45, 2.75) is 6.92 Å². The average molecular weight is 244 g/mol. The van der Waals surface area contributed by atoms with E-state index in [4.69, 9.17) is 9.47 Å². The van der Waals surface area contributed by atoms with Crippen molar-refractivity contribution in [2.24, 2.45) is 0 Å². The van der Waals surface area contributed by atoms with Gasteiger partial charge in [-0.2, -0.15) is 0 Å². The molecule has 0 aliphatic carbocycles. The summed E-state index contributed by atoms with van der Waals surface area (Å²) in [5.74, 6) is 0.653. The average Bonchev–Trinajstić information content (AvgIpc) is 2.38. The number of methoxy groups -OCH3 is 1. The zero-order valence-electron chi connectivity index (χ0n) is 10.6. The van der Waals surface area contributed by atoms with Crippen molar-refractivity contribution in [3.8, 4) is 11.5 Å². The van der Waals surface area contributed by atoms with Crippen LogP contribution in [-0.4, -0.2) is 13.1 Å². The summed E-state index contributed by atoms with van der Waals surface area (Å²) < 4.78 is 10.3. The maximum absolute atomic E-state index is 11.9. The van der Waals surface area contributed by atoms with E-state index in [1.165, 1.54) is 0 Å². The van der Waals surface area contributed by atoms with Crippen LogP contribution >= 0.6 is 0 Å². The van der Waals surface area contributed by atoms with Gasteiger partial charge in [-0.15, -0.1) is 0 Å². The minimum Gasteiger partial charge on any atom is -0.497 e. The molecule has 1 rings (SSSR count). The summed E-state index contributed by atoms with van der Waals surface area (Å²) in [5.41, 5.74) is 0.440. The fourth-order valence-electron chi connectivity index (χ4n) is 1.33. The number of benzene rings is 1. The maximum atomic E-state index is 11.9. The van der Waals surface area contributed by atoms with Crippen LogP contribution in [0.25, 0.3) is 0 Å². The minimum atomic E-state index is -0.429. The molecule has 3 heteroatoms. The van der Waals surface area contributed by atoms with Gasteiger partial charge in [0.25, 0.3) is 0 Å². The number of hydrogen-bond donors (Lipinski definition) is 0. The van der Waals surface area contributed by atoms with Crippen LogP contribution in [0.15, 0.2) is 60.7 Å². The molecule has 0 saturated heterocycles. The van der Waals surface area contributed by atoms with Gasteiger partial charge < -0.3 is 9.47 Å². The summed E-state index contributed by atoms with van der Waals surface area (Å²) >= 11 is 0. The molecule has 0 aliphatic rings. The Hall–Kier alpha value is -2.29. The van der Waals surface area contributed by atoms with E-state index < -0.39 is 5.97 Å². The highest BCUT2D eigenvalue weighted by atomic mass is 16.5. The monoisotopic (exact) mass is 244 g/mol. The first-order valence-electron chi connectivity index (χ1n) is 5.53. The predicted molar refractivity (Wildman–Crippen MR) is 71.7 cm³/mol. The second kappa shape index (κ2) is 7.12. The zero-order chi connectivity index (χ0) is 13.4.